The molecule has 1 aromatic rings. The van der Waals surface area contributed by atoms with Crippen molar-refractivity contribution < 1.29 is 9.18 Å². The third kappa shape index (κ3) is 1.99. The highest BCUT2D eigenvalue weighted by Crippen LogP contribution is 2.34. The molecular weight excluding hydrogens is 191 g/mol. The number of Topliss-reactive ketones (excluding diaryl/α,β-unsaturated/α-hetero) is 1. The lowest BCUT2D eigenvalue weighted by Gasteiger charge is -2.23. The number of hydrogen-bond acceptors (Lipinski definition) is 1. The highest BCUT2D eigenvalue weighted by atomic mass is 19.1. The minimum absolute atomic E-state index is 0.122. The Morgan fingerprint density at radius 1 is 1.33 bits per heavy atom. The first-order valence-corrected chi connectivity index (χ1v) is 5.14. The van der Waals surface area contributed by atoms with Crippen LogP contribution in [-0.2, 0) is 4.79 Å². The molecule has 0 radical (unpaired) electrons. The van der Waals surface area contributed by atoms with Crippen molar-refractivity contribution in [3.05, 3.63) is 47.8 Å². The molecule has 2 heteroatoms. The largest absolute Gasteiger partial charge is 0.295 e. The summed E-state index contributed by atoms with van der Waals surface area (Å²) in [5, 5.41) is 0. The second kappa shape index (κ2) is 3.97. The molecule has 1 nitrogen and oxygen atoms in total. The maximum Gasteiger partial charge on any atom is 0.158 e. The minimum atomic E-state index is -0.176. The van der Waals surface area contributed by atoms with E-state index >= 15 is 0 Å². The molecule has 1 unspecified atom stereocenters. The van der Waals surface area contributed by atoms with E-state index in [2.05, 4.69) is 6.58 Å². The van der Waals surface area contributed by atoms with Crippen molar-refractivity contribution in [2.45, 2.75) is 25.2 Å². The molecule has 1 saturated carbocycles. The number of rotatable bonds is 1. The average molecular weight is 204 g/mol. The molecule has 1 aromatic carbocycles. The van der Waals surface area contributed by atoms with Gasteiger partial charge in [-0.25, -0.2) is 4.39 Å². The Hall–Kier alpha value is -1.44. The molecule has 0 N–H and O–H groups in total. The first-order valence-electron chi connectivity index (χ1n) is 5.14. The molecule has 1 fully saturated rings. The smallest absolute Gasteiger partial charge is 0.158 e. The van der Waals surface area contributed by atoms with Crippen LogP contribution in [0.4, 0.5) is 4.39 Å². The highest BCUT2D eigenvalue weighted by Gasteiger charge is 2.24. The summed E-state index contributed by atoms with van der Waals surface area (Å²) in [5.74, 6) is 0.0728. The molecule has 0 saturated heterocycles. The van der Waals surface area contributed by atoms with E-state index in [1.807, 2.05) is 6.07 Å². The number of carbonyl (C=O) groups is 1. The predicted molar refractivity (Wildman–Crippen MR) is 57.1 cm³/mol. The van der Waals surface area contributed by atoms with E-state index in [9.17, 15) is 9.18 Å². The third-order valence-electron chi connectivity index (χ3n) is 2.95. The van der Waals surface area contributed by atoms with Crippen LogP contribution in [0, 0.1) is 5.82 Å². The van der Waals surface area contributed by atoms with Gasteiger partial charge in [-0.3, -0.25) is 4.79 Å². The quantitative estimate of drug-likeness (QED) is 0.642. The van der Waals surface area contributed by atoms with Crippen LogP contribution in [0.5, 0.6) is 0 Å². The van der Waals surface area contributed by atoms with Gasteiger partial charge in [0, 0.05) is 6.42 Å². The van der Waals surface area contributed by atoms with Crippen LogP contribution >= 0.6 is 0 Å². The molecule has 1 aliphatic rings. The lowest BCUT2D eigenvalue weighted by molar-refractivity contribution is -0.116. The standard InChI is InChI=1S/C13H13FO/c1-9-8-10(6-7-13(9)15)11-4-2-3-5-12(11)14/h2-5,10H,1,6-8H2. The first-order chi connectivity index (χ1) is 7.18. The van der Waals surface area contributed by atoms with Gasteiger partial charge >= 0.3 is 0 Å². The van der Waals surface area contributed by atoms with Crippen LogP contribution in [0.15, 0.2) is 36.4 Å². The Bertz CT molecular complexity index is 409. The second-order valence-corrected chi connectivity index (χ2v) is 3.99. The normalized spacial score (nSPS) is 21.8. The van der Waals surface area contributed by atoms with Crippen molar-refractivity contribution >= 4 is 5.78 Å². The van der Waals surface area contributed by atoms with Crippen LogP contribution in [0.3, 0.4) is 0 Å². The fourth-order valence-electron chi connectivity index (χ4n) is 2.07. The molecule has 0 heterocycles. The average Bonchev–Trinajstić information content (AvgIpc) is 2.23. The van der Waals surface area contributed by atoms with Crippen molar-refractivity contribution in [3.8, 4) is 0 Å². The summed E-state index contributed by atoms with van der Waals surface area (Å²) < 4.78 is 13.5. The van der Waals surface area contributed by atoms with Gasteiger partial charge < -0.3 is 0 Å². The number of carbonyl (C=O) groups excluding carboxylic acids is 1. The van der Waals surface area contributed by atoms with Crippen molar-refractivity contribution in [1.29, 1.82) is 0 Å². The molecule has 2 rings (SSSR count). The lowest BCUT2D eigenvalue weighted by Crippen LogP contribution is -2.15. The first kappa shape index (κ1) is 10.1. The molecular formula is C13H13FO. The zero-order valence-corrected chi connectivity index (χ0v) is 8.50. The van der Waals surface area contributed by atoms with E-state index < -0.39 is 0 Å². The summed E-state index contributed by atoms with van der Waals surface area (Å²) in [7, 11) is 0. The van der Waals surface area contributed by atoms with Gasteiger partial charge in [0.25, 0.3) is 0 Å². The topological polar surface area (TPSA) is 17.1 Å². The minimum Gasteiger partial charge on any atom is -0.295 e. The molecule has 1 aliphatic carbocycles. The third-order valence-corrected chi connectivity index (χ3v) is 2.95. The van der Waals surface area contributed by atoms with E-state index in [-0.39, 0.29) is 17.5 Å². The van der Waals surface area contributed by atoms with E-state index in [0.717, 1.165) is 6.42 Å². The Kier molecular flexibility index (Phi) is 2.67. The molecule has 0 aliphatic heterocycles. The van der Waals surface area contributed by atoms with Gasteiger partial charge in [0.15, 0.2) is 5.78 Å². The molecule has 0 spiro atoms. The van der Waals surface area contributed by atoms with Crippen molar-refractivity contribution in [3.63, 3.8) is 0 Å². The Morgan fingerprint density at radius 2 is 2.07 bits per heavy atom. The summed E-state index contributed by atoms with van der Waals surface area (Å²) in [6.45, 7) is 3.73. The second-order valence-electron chi connectivity index (χ2n) is 3.99. The summed E-state index contributed by atoms with van der Waals surface area (Å²) in [6, 6.07) is 6.77. The van der Waals surface area contributed by atoms with Gasteiger partial charge in [0.05, 0.1) is 0 Å². The number of halogens is 1. The summed E-state index contributed by atoms with van der Waals surface area (Å²) >= 11 is 0. The monoisotopic (exact) mass is 204 g/mol. The van der Waals surface area contributed by atoms with Crippen LogP contribution in [0.1, 0.15) is 30.7 Å². The lowest BCUT2D eigenvalue weighted by atomic mass is 9.81. The molecule has 15 heavy (non-hydrogen) atoms. The van der Waals surface area contributed by atoms with Crippen molar-refractivity contribution in [2.24, 2.45) is 0 Å². The zero-order valence-electron chi connectivity index (χ0n) is 8.50. The Morgan fingerprint density at radius 3 is 2.73 bits per heavy atom. The van der Waals surface area contributed by atoms with Gasteiger partial charge in [0.1, 0.15) is 5.82 Å². The number of allylic oxidation sites excluding steroid dienone is 1. The van der Waals surface area contributed by atoms with E-state index in [1.165, 1.54) is 6.07 Å². The van der Waals surface area contributed by atoms with Crippen molar-refractivity contribution in [1.82, 2.24) is 0 Å². The Balaban J connectivity index is 2.23. The number of ketones is 1. The maximum absolute atomic E-state index is 13.5. The van der Waals surface area contributed by atoms with Gasteiger partial charge in [-0.05, 0) is 36.0 Å². The number of hydrogen-bond donors (Lipinski definition) is 0. The van der Waals surface area contributed by atoms with Crippen molar-refractivity contribution in [2.75, 3.05) is 0 Å². The fourth-order valence-corrected chi connectivity index (χ4v) is 2.07. The molecule has 0 aromatic heterocycles. The van der Waals surface area contributed by atoms with Crippen LogP contribution < -0.4 is 0 Å². The zero-order chi connectivity index (χ0) is 10.8. The molecule has 0 bridgehead atoms. The van der Waals surface area contributed by atoms with E-state index in [1.54, 1.807) is 12.1 Å². The Labute approximate surface area is 88.6 Å². The number of benzene rings is 1. The molecule has 0 amide bonds. The molecule has 78 valence electrons. The predicted octanol–water partition coefficient (Wildman–Crippen LogP) is 3.22. The van der Waals surface area contributed by atoms with Gasteiger partial charge in [-0.15, -0.1) is 0 Å². The van der Waals surface area contributed by atoms with Gasteiger partial charge in [0.2, 0.25) is 0 Å². The van der Waals surface area contributed by atoms with Gasteiger partial charge in [-0.1, -0.05) is 24.8 Å². The van der Waals surface area contributed by atoms with E-state index in [0.29, 0.717) is 24.0 Å². The van der Waals surface area contributed by atoms with Gasteiger partial charge in [-0.2, -0.15) is 0 Å². The SMILES string of the molecule is C=C1CC(c2ccccc2F)CCC1=O. The highest BCUT2D eigenvalue weighted by molar-refractivity contribution is 5.95. The fraction of sp³-hybridized carbons (Fsp3) is 0.308. The van der Waals surface area contributed by atoms with Crippen LogP contribution in [0.2, 0.25) is 0 Å². The molecule has 1 atom stereocenters. The van der Waals surface area contributed by atoms with Crippen LogP contribution in [0.25, 0.3) is 0 Å². The summed E-state index contributed by atoms with van der Waals surface area (Å²) in [5.41, 5.74) is 1.35. The van der Waals surface area contributed by atoms with E-state index in [4.69, 9.17) is 0 Å². The van der Waals surface area contributed by atoms with Crippen LogP contribution in [-0.4, -0.2) is 5.78 Å². The maximum atomic E-state index is 13.5. The summed E-state index contributed by atoms with van der Waals surface area (Å²) in [4.78, 5) is 11.3. The summed E-state index contributed by atoms with van der Waals surface area (Å²) in [6.07, 6.45) is 1.83.